The van der Waals surface area contributed by atoms with Crippen molar-refractivity contribution in [3.05, 3.63) is 90.0 Å². The molecule has 0 aliphatic heterocycles. The van der Waals surface area contributed by atoms with E-state index in [0.717, 1.165) is 24.0 Å². The molecule has 10 heteroatoms. The number of amides is 1. The number of hydrogen-bond donors (Lipinski definition) is 1. The van der Waals surface area contributed by atoms with Crippen LogP contribution in [0.4, 0.5) is 10.5 Å². The van der Waals surface area contributed by atoms with Crippen molar-refractivity contribution in [3.8, 4) is 11.5 Å². The van der Waals surface area contributed by atoms with Gasteiger partial charge in [0.25, 0.3) is 0 Å². The van der Waals surface area contributed by atoms with E-state index in [2.05, 4.69) is 4.72 Å². The van der Waals surface area contributed by atoms with E-state index in [0.29, 0.717) is 49.2 Å². The average Bonchev–Trinajstić information content (AvgIpc) is 3.80. The predicted molar refractivity (Wildman–Crippen MR) is 158 cm³/mol. The van der Waals surface area contributed by atoms with Crippen molar-refractivity contribution < 1.29 is 31.6 Å². The first-order valence-corrected chi connectivity index (χ1v) is 15.3. The van der Waals surface area contributed by atoms with Gasteiger partial charge in [-0.1, -0.05) is 73.7 Å². The number of benzene rings is 3. The molecule has 1 atom stereocenters. The predicted octanol–water partition coefficient (Wildman–Crippen LogP) is 5.67. The summed E-state index contributed by atoms with van der Waals surface area (Å²) in [5, 5.41) is 0. The molecule has 220 valence electrons. The van der Waals surface area contributed by atoms with E-state index in [4.69, 9.17) is 18.4 Å². The van der Waals surface area contributed by atoms with Gasteiger partial charge >= 0.3 is 16.4 Å². The fraction of sp³-hybridized carbons (Fsp3) is 0.387. The van der Waals surface area contributed by atoms with Crippen LogP contribution in [0.25, 0.3) is 0 Å². The zero-order chi connectivity index (χ0) is 29.1. The second-order valence-corrected chi connectivity index (χ2v) is 11.2. The van der Waals surface area contributed by atoms with Gasteiger partial charge in [-0.2, -0.15) is 13.1 Å². The quantitative estimate of drug-likeness (QED) is 0.217. The summed E-state index contributed by atoms with van der Waals surface area (Å²) in [7, 11) is -2.96. The van der Waals surface area contributed by atoms with Gasteiger partial charge in [0.1, 0.15) is 23.8 Å². The highest BCUT2D eigenvalue weighted by Crippen LogP contribution is 2.40. The molecule has 1 amide bonds. The van der Waals surface area contributed by atoms with Crippen LogP contribution in [-0.2, 0) is 25.6 Å². The Morgan fingerprint density at radius 2 is 1.59 bits per heavy atom. The van der Waals surface area contributed by atoms with Crippen molar-refractivity contribution in [2.24, 2.45) is 5.92 Å². The van der Waals surface area contributed by atoms with E-state index < -0.39 is 22.4 Å². The topological polar surface area (TPSA) is 103 Å². The molecule has 0 bridgehead atoms. The Hall–Kier alpha value is -3.60. The highest BCUT2D eigenvalue weighted by molar-refractivity contribution is 7.85. The number of para-hydroxylation sites is 1. The fourth-order valence-corrected chi connectivity index (χ4v) is 5.24. The lowest BCUT2D eigenvalue weighted by Crippen LogP contribution is -2.39. The summed E-state index contributed by atoms with van der Waals surface area (Å²) in [5.74, 6) is 1.27. The van der Waals surface area contributed by atoms with E-state index in [1.807, 2.05) is 67.6 Å². The standard InChI is InChI=1S/C31H38N2O7S/c1-3-19-33(30-28(38-21-20-37-2)15-10-16-29(30)39-23-25-17-18-25)31(34)40-41(35,36)32-27(26-13-8-5-9-14-26)22-24-11-6-4-7-12-24/h4-16,25,27,32H,3,17-23H2,1-2H3. The number of anilines is 1. The minimum Gasteiger partial charge on any atom is -0.491 e. The van der Waals surface area contributed by atoms with Gasteiger partial charge in [0, 0.05) is 13.7 Å². The van der Waals surface area contributed by atoms with Crippen molar-refractivity contribution in [2.45, 2.75) is 38.6 Å². The van der Waals surface area contributed by atoms with Crippen LogP contribution in [0.1, 0.15) is 43.4 Å². The molecule has 1 unspecified atom stereocenters. The molecule has 1 fully saturated rings. The second-order valence-electron chi connectivity index (χ2n) is 9.92. The molecular formula is C31H38N2O7S. The Morgan fingerprint density at radius 1 is 0.927 bits per heavy atom. The third-order valence-corrected chi connectivity index (χ3v) is 7.50. The van der Waals surface area contributed by atoms with Gasteiger partial charge in [-0.05, 0) is 54.9 Å². The highest BCUT2D eigenvalue weighted by atomic mass is 32.2. The smallest absolute Gasteiger partial charge is 0.431 e. The van der Waals surface area contributed by atoms with Crippen molar-refractivity contribution in [2.75, 3.05) is 38.4 Å². The van der Waals surface area contributed by atoms with Crippen molar-refractivity contribution in [3.63, 3.8) is 0 Å². The maximum Gasteiger partial charge on any atom is 0.431 e. The molecule has 1 saturated carbocycles. The average molecular weight is 583 g/mol. The van der Waals surface area contributed by atoms with Gasteiger partial charge < -0.3 is 18.4 Å². The van der Waals surface area contributed by atoms with E-state index in [-0.39, 0.29) is 13.2 Å². The number of ether oxygens (including phenoxy) is 3. The van der Waals surface area contributed by atoms with E-state index in [1.54, 1.807) is 25.3 Å². The van der Waals surface area contributed by atoms with Crippen LogP contribution in [0.3, 0.4) is 0 Å². The lowest BCUT2D eigenvalue weighted by molar-refractivity contribution is 0.146. The minimum atomic E-state index is -4.52. The number of rotatable bonds is 16. The maximum atomic E-state index is 13.6. The molecule has 1 N–H and O–H groups in total. The highest BCUT2D eigenvalue weighted by Gasteiger charge is 2.31. The molecule has 41 heavy (non-hydrogen) atoms. The van der Waals surface area contributed by atoms with Crippen LogP contribution in [0, 0.1) is 5.92 Å². The Kier molecular flexibility index (Phi) is 11.0. The Bertz CT molecular complexity index is 1350. The number of hydrogen-bond acceptors (Lipinski definition) is 7. The lowest BCUT2D eigenvalue weighted by atomic mass is 10.00. The van der Waals surface area contributed by atoms with E-state index >= 15 is 0 Å². The number of methoxy groups -OCH3 is 1. The van der Waals surface area contributed by atoms with Crippen LogP contribution in [0.2, 0.25) is 0 Å². The van der Waals surface area contributed by atoms with Gasteiger partial charge in [-0.3, -0.25) is 4.90 Å². The van der Waals surface area contributed by atoms with Crippen LogP contribution in [-0.4, -0.2) is 48.0 Å². The fourth-order valence-electron chi connectivity index (χ4n) is 4.35. The summed E-state index contributed by atoms with van der Waals surface area (Å²) in [6.07, 6.45) is 2.04. The van der Waals surface area contributed by atoms with Gasteiger partial charge in [0.15, 0.2) is 0 Å². The molecule has 0 spiro atoms. The number of carbonyl (C=O) groups is 1. The first-order chi connectivity index (χ1) is 19.9. The minimum absolute atomic E-state index is 0.185. The van der Waals surface area contributed by atoms with Crippen LogP contribution < -0.4 is 19.1 Å². The van der Waals surface area contributed by atoms with Crippen LogP contribution in [0.15, 0.2) is 78.9 Å². The summed E-state index contributed by atoms with van der Waals surface area (Å²) in [5.41, 5.74) is 2.01. The van der Waals surface area contributed by atoms with Gasteiger partial charge in [0.05, 0.1) is 19.3 Å². The molecule has 1 aliphatic rings. The third kappa shape index (κ3) is 9.21. The van der Waals surface area contributed by atoms with Gasteiger partial charge in [-0.25, -0.2) is 4.79 Å². The summed E-state index contributed by atoms with van der Waals surface area (Å²) in [6.45, 7) is 3.15. The number of nitrogens with one attached hydrogen (secondary N) is 1. The molecule has 3 aromatic rings. The molecule has 1 aliphatic carbocycles. The van der Waals surface area contributed by atoms with Gasteiger partial charge in [-0.15, -0.1) is 0 Å². The van der Waals surface area contributed by atoms with E-state index in [9.17, 15) is 13.2 Å². The molecule has 0 heterocycles. The molecule has 0 saturated heterocycles. The van der Waals surface area contributed by atoms with Gasteiger partial charge in [0.2, 0.25) is 0 Å². The van der Waals surface area contributed by atoms with Crippen LogP contribution in [0.5, 0.6) is 11.5 Å². The zero-order valence-electron chi connectivity index (χ0n) is 23.5. The Labute approximate surface area is 242 Å². The summed E-state index contributed by atoms with van der Waals surface area (Å²) in [6, 6.07) is 23.3. The summed E-state index contributed by atoms with van der Waals surface area (Å²) in [4.78, 5) is 14.8. The number of carbonyl (C=O) groups excluding carboxylic acids is 1. The van der Waals surface area contributed by atoms with Crippen LogP contribution >= 0.6 is 0 Å². The first-order valence-electron chi connectivity index (χ1n) is 13.9. The zero-order valence-corrected chi connectivity index (χ0v) is 24.3. The lowest BCUT2D eigenvalue weighted by Gasteiger charge is -2.26. The van der Waals surface area contributed by atoms with Crippen molar-refractivity contribution in [1.82, 2.24) is 4.72 Å². The largest absolute Gasteiger partial charge is 0.491 e. The summed E-state index contributed by atoms with van der Waals surface area (Å²) >= 11 is 0. The Balaban J connectivity index is 1.58. The third-order valence-electron chi connectivity index (χ3n) is 6.57. The molecule has 3 aromatic carbocycles. The van der Waals surface area contributed by atoms with E-state index in [1.165, 1.54) is 4.90 Å². The Morgan fingerprint density at radius 3 is 2.22 bits per heavy atom. The second kappa shape index (κ2) is 14.9. The maximum absolute atomic E-state index is 13.6. The SMILES string of the molecule is CCCN(C(=O)OS(=O)(=O)NC(Cc1ccccc1)c1ccccc1)c1c(OCCOC)cccc1OCC1CC1. The normalized spacial score (nSPS) is 13.8. The molecule has 0 aromatic heterocycles. The molecule has 4 rings (SSSR count). The molecule has 9 nitrogen and oxygen atoms in total. The monoisotopic (exact) mass is 582 g/mol. The first kappa shape index (κ1) is 30.4. The molecule has 0 radical (unpaired) electrons. The van der Waals surface area contributed by atoms with Crippen molar-refractivity contribution in [1.29, 1.82) is 0 Å². The number of nitrogens with zero attached hydrogens (tertiary/aromatic N) is 1. The van der Waals surface area contributed by atoms with Crippen molar-refractivity contribution >= 4 is 22.1 Å². The summed E-state index contributed by atoms with van der Waals surface area (Å²) < 4.78 is 51.5. The molecular weight excluding hydrogens is 544 g/mol.